The Balaban J connectivity index is 1.64. The summed E-state index contributed by atoms with van der Waals surface area (Å²) < 4.78 is 11.8. The molecule has 180 valence electrons. The molecule has 8 nitrogen and oxygen atoms in total. The van der Waals surface area contributed by atoms with Crippen molar-refractivity contribution < 1.29 is 14.6 Å². The summed E-state index contributed by atoms with van der Waals surface area (Å²) in [6.07, 6.45) is 8.88. The lowest BCUT2D eigenvalue weighted by Gasteiger charge is -2.34. The third-order valence-electron chi connectivity index (χ3n) is 7.09. The molecule has 2 N–H and O–H groups in total. The number of hydrogen-bond acceptors (Lipinski definition) is 7. The molecule has 0 radical (unpaired) electrons. The number of aliphatic hydroxyl groups is 1. The lowest BCUT2D eigenvalue weighted by atomic mass is 9.93. The summed E-state index contributed by atoms with van der Waals surface area (Å²) in [6.45, 7) is 5.68. The van der Waals surface area contributed by atoms with Gasteiger partial charge in [0.05, 0.1) is 50.7 Å². The summed E-state index contributed by atoms with van der Waals surface area (Å²) >= 11 is 0. The summed E-state index contributed by atoms with van der Waals surface area (Å²) in [5, 5.41) is 13.6. The van der Waals surface area contributed by atoms with Crippen LogP contribution in [0.15, 0.2) is 24.5 Å². The van der Waals surface area contributed by atoms with E-state index in [4.69, 9.17) is 24.4 Å². The molecular weight excluding hydrogens is 418 g/mol. The van der Waals surface area contributed by atoms with Crippen molar-refractivity contribution in [3.63, 3.8) is 0 Å². The Bertz CT molecular complexity index is 907. The molecule has 33 heavy (non-hydrogen) atoms. The van der Waals surface area contributed by atoms with E-state index in [-0.39, 0.29) is 18.4 Å². The van der Waals surface area contributed by atoms with Crippen LogP contribution in [0.5, 0.6) is 0 Å². The van der Waals surface area contributed by atoms with Crippen LogP contribution in [0, 0.1) is 0 Å². The van der Waals surface area contributed by atoms with E-state index in [2.05, 4.69) is 33.3 Å². The van der Waals surface area contributed by atoms with Gasteiger partial charge in [0.25, 0.3) is 0 Å². The zero-order valence-electron chi connectivity index (χ0n) is 20.3. The van der Waals surface area contributed by atoms with Gasteiger partial charge in [-0.1, -0.05) is 19.4 Å². The fraction of sp³-hybridized carbons (Fsp3) is 0.640. The SMILES string of the molecule is CCCC(C)[N+](C)(C)c1ncc(-c2ccc(C3OCCO3)cn2)c(NC2CCC(O)CC2)n1. The van der Waals surface area contributed by atoms with Gasteiger partial charge in [-0.2, -0.15) is 9.97 Å². The molecule has 2 aromatic heterocycles. The van der Waals surface area contributed by atoms with Crippen LogP contribution in [-0.4, -0.2) is 65.6 Å². The number of nitrogens with zero attached hydrogens (tertiary/aromatic N) is 4. The zero-order valence-corrected chi connectivity index (χ0v) is 20.3. The molecule has 2 fully saturated rings. The van der Waals surface area contributed by atoms with Gasteiger partial charge in [-0.15, -0.1) is 0 Å². The molecule has 0 bridgehead atoms. The van der Waals surface area contributed by atoms with Crippen LogP contribution in [-0.2, 0) is 9.47 Å². The Labute approximate surface area is 197 Å². The normalized spacial score (nSPS) is 22.9. The van der Waals surface area contributed by atoms with E-state index < -0.39 is 0 Å². The van der Waals surface area contributed by atoms with Gasteiger partial charge in [-0.3, -0.25) is 9.47 Å². The number of quaternary nitrogens is 1. The quantitative estimate of drug-likeness (QED) is 0.579. The van der Waals surface area contributed by atoms with Crippen LogP contribution >= 0.6 is 0 Å². The Morgan fingerprint density at radius 1 is 1.09 bits per heavy atom. The standard InChI is InChI=1S/C25H38N5O3/c1-5-6-17(2)30(3,4)25-27-16-21(23(29-25)28-19-8-10-20(31)11-9-19)22-12-7-18(15-26-22)24-32-13-14-33-24/h7,12,15-17,19-20,24,31H,5-6,8-11,13-14H2,1-4H3,(H,27,28,29)/q+1. The van der Waals surface area contributed by atoms with Gasteiger partial charge >= 0.3 is 5.95 Å². The van der Waals surface area contributed by atoms with E-state index >= 15 is 0 Å². The second-order valence-corrected chi connectivity index (χ2v) is 9.81. The van der Waals surface area contributed by atoms with Crippen molar-refractivity contribution in [2.75, 3.05) is 32.6 Å². The molecule has 1 aliphatic heterocycles. The number of anilines is 1. The first-order valence-corrected chi connectivity index (χ1v) is 12.2. The van der Waals surface area contributed by atoms with E-state index in [9.17, 15) is 5.11 Å². The van der Waals surface area contributed by atoms with E-state index in [1.807, 2.05) is 24.5 Å². The van der Waals surface area contributed by atoms with Crippen LogP contribution in [0.4, 0.5) is 11.8 Å². The molecule has 1 saturated carbocycles. The van der Waals surface area contributed by atoms with Crippen molar-refractivity contribution in [1.29, 1.82) is 0 Å². The highest BCUT2D eigenvalue weighted by Crippen LogP contribution is 2.32. The molecule has 4 rings (SSSR count). The minimum atomic E-state index is -0.338. The van der Waals surface area contributed by atoms with E-state index in [0.717, 1.165) is 67.1 Å². The first-order valence-electron chi connectivity index (χ1n) is 12.2. The predicted molar refractivity (Wildman–Crippen MR) is 130 cm³/mol. The van der Waals surface area contributed by atoms with E-state index in [1.165, 1.54) is 0 Å². The van der Waals surface area contributed by atoms with Crippen LogP contribution < -0.4 is 9.80 Å². The molecule has 2 aromatic rings. The molecule has 0 aromatic carbocycles. The zero-order chi connectivity index (χ0) is 23.4. The largest absolute Gasteiger partial charge is 0.393 e. The molecule has 1 saturated heterocycles. The van der Waals surface area contributed by atoms with Crippen molar-refractivity contribution >= 4 is 11.8 Å². The van der Waals surface area contributed by atoms with Gasteiger partial charge in [0.2, 0.25) is 0 Å². The van der Waals surface area contributed by atoms with Gasteiger partial charge in [-0.25, -0.2) is 0 Å². The highest BCUT2D eigenvalue weighted by Gasteiger charge is 2.31. The van der Waals surface area contributed by atoms with Crippen molar-refractivity contribution in [3.8, 4) is 11.3 Å². The van der Waals surface area contributed by atoms with E-state index in [0.29, 0.717) is 23.7 Å². The monoisotopic (exact) mass is 456 g/mol. The Kier molecular flexibility index (Phi) is 7.58. The molecule has 0 spiro atoms. The van der Waals surface area contributed by atoms with Crippen LogP contribution in [0.1, 0.15) is 64.2 Å². The number of nitrogens with one attached hydrogen (secondary N) is 1. The summed E-state index contributed by atoms with van der Waals surface area (Å²) in [7, 11) is 4.34. The molecular formula is C25H38N5O3+. The van der Waals surface area contributed by atoms with Crippen LogP contribution in [0.25, 0.3) is 11.3 Å². The van der Waals surface area contributed by atoms with Crippen LogP contribution in [0.3, 0.4) is 0 Å². The van der Waals surface area contributed by atoms with Gasteiger partial charge in [0, 0.05) is 24.0 Å². The van der Waals surface area contributed by atoms with Crippen molar-refractivity contribution in [1.82, 2.24) is 19.4 Å². The highest BCUT2D eigenvalue weighted by molar-refractivity contribution is 5.72. The molecule has 8 heteroatoms. The average Bonchev–Trinajstić information content (AvgIpc) is 3.36. The fourth-order valence-electron chi connectivity index (χ4n) is 4.55. The van der Waals surface area contributed by atoms with Gasteiger partial charge < -0.3 is 19.9 Å². The maximum atomic E-state index is 9.92. The third-order valence-corrected chi connectivity index (χ3v) is 7.09. The Morgan fingerprint density at radius 2 is 1.82 bits per heavy atom. The number of pyridine rings is 1. The van der Waals surface area contributed by atoms with Gasteiger partial charge in [0.15, 0.2) is 6.29 Å². The molecule has 0 amide bonds. The smallest absolute Gasteiger partial charge is 0.330 e. The number of aromatic nitrogens is 3. The number of rotatable bonds is 8. The lowest BCUT2D eigenvalue weighted by Crippen LogP contribution is -2.49. The second-order valence-electron chi connectivity index (χ2n) is 9.81. The van der Waals surface area contributed by atoms with Crippen molar-refractivity contribution in [3.05, 3.63) is 30.1 Å². The maximum Gasteiger partial charge on any atom is 0.330 e. The van der Waals surface area contributed by atoms with Gasteiger partial charge in [-0.05, 0) is 45.1 Å². The minimum absolute atomic E-state index is 0.191. The first kappa shape index (κ1) is 24.0. The third kappa shape index (κ3) is 5.51. The topological polar surface area (TPSA) is 89.4 Å². The lowest BCUT2D eigenvalue weighted by molar-refractivity contribution is -0.0443. The fourth-order valence-corrected chi connectivity index (χ4v) is 4.55. The van der Waals surface area contributed by atoms with Crippen molar-refractivity contribution in [2.45, 2.75) is 76.9 Å². The molecule has 2 aliphatic rings. The van der Waals surface area contributed by atoms with Crippen LogP contribution in [0.2, 0.25) is 0 Å². The number of ether oxygens (including phenoxy) is 2. The summed E-state index contributed by atoms with van der Waals surface area (Å²) in [5.41, 5.74) is 2.61. The highest BCUT2D eigenvalue weighted by atomic mass is 16.7. The second kappa shape index (κ2) is 10.4. The Morgan fingerprint density at radius 3 is 2.45 bits per heavy atom. The van der Waals surface area contributed by atoms with Crippen molar-refractivity contribution in [2.24, 2.45) is 0 Å². The van der Waals surface area contributed by atoms with Gasteiger partial charge in [0.1, 0.15) is 5.82 Å². The summed E-state index contributed by atoms with van der Waals surface area (Å²) in [5.74, 6) is 1.60. The van der Waals surface area contributed by atoms with E-state index in [1.54, 1.807) is 0 Å². The molecule has 1 atom stereocenters. The maximum absolute atomic E-state index is 9.92. The minimum Gasteiger partial charge on any atom is -0.393 e. The Hall–Kier alpha value is -2.13. The summed E-state index contributed by atoms with van der Waals surface area (Å²) in [4.78, 5) is 14.5. The summed E-state index contributed by atoms with van der Waals surface area (Å²) in [6, 6.07) is 4.66. The number of aliphatic hydroxyl groups excluding tert-OH is 1. The number of hydrogen-bond donors (Lipinski definition) is 2. The predicted octanol–water partition coefficient (Wildman–Crippen LogP) is 4.05. The molecule has 1 unspecified atom stereocenters. The molecule has 1 aliphatic carbocycles. The molecule has 3 heterocycles. The average molecular weight is 457 g/mol. The first-order chi connectivity index (χ1) is 15.9.